The van der Waals surface area contributed by atoms with Crippen molar-refractivity contribution >= 4 is 17.2 Å². The minimum absolute atomic E-state index is 0.0738. The summed E-state index contributed by atoms with van der Waals surface area (Å²) in [6, 6.07) is 5.88. The minimum Gasteiger partial charge on any atom is -0.374 e. The first-order valence-corrected chi connectivity index (χ1v) is 9.22. The lowest BCUT2D eigenvalue weighted by Gasteiger charge is -2.31. The van der Waals surface area contributed by atoms with Gasteiger partial charge in [-0.2, -0.15) is 11.3 Å². The monoisotopic (exact) mass is 344 g/mol. The lowest BCUT2D eigenvalue weighted by atomic mass is 10.1. The van der Waals surface area contributed by atoms with Crippen LogP contribution in [0.1, 0.15) is 28.8 Å². The molecule has 1 amide bonds. The Morgan fingerprint density at radius 1 is 1.42 bits per heavy atom. The van der Waals surface area contributed by atoms with E-state index in [2.05, 4.69) is 4.98 Å². The molecule has 2 bridgehead atoms. The van der Waals surface area contributed by atoms with Crippen LogP contribution < -0.4 is 0 Å². The zero-order valence-corrected chi connectivity index (χ0v) is 14.2. The Morgan fingerprint density at radius 3 is 3.17 bits per heavy atom. The van der Waals surface area contributed by atoms with Gasteiger partial charge in [0.2, 0.25) is 0 Å². The van der Waals surface area contributed by atoms with E-state index in [0.29, 0.717) is 19.8 Å². The molecule has 126 valence electrons. The zero-order valence-electron chi connectivity index (χ0n) is 13.3. The molecule has 4 rings (SSSR count). The van der Waals surface area contributed by atoms with Crippen LogP contribution in [0.5, 0.6) is 0 Å². The molecule has 6 heteroatoms. The van der Waals surface area contributed by atoms with Gasteiger partial charge >= 0.3 is 0 Å². The highest BCUT2D eigenvalue weighted by Gasteiger charge is 2.44. The van der Waals surface area contributed by atoms with Gasteiger partial charge in [0.25, 0.3) is 5.91 Å². The van der Waals surface area contributed by atoms with Gasteiger partial charge in [0.05, 0.1) is 30.9 Å². The van der Waals surface area contributed by atoms with Gasteiger partial charge < -0.3 is 14.4 Å². The first-order chi connectivity index (χ1) is 11.8. The van der Waals surface area contributed by atoms with Crippen LogP contribution in [0.15, 0.2) is 41.4 Å². The highest BCUT2D eigenvalue weighted by atomic mass is 32.1. The van der Waals surface area contributed by atoms with Gasteiger partial charge in [0.15, 0.2) is 0 Å². The minimum atomic E-state index is -0.0738. The summed E-state index contributed by atoms with van der Waals surface area (Å²) in [5.74, 6) is 0.0855. The molecule has 1 aliphatic heterocycles. The van der Waals surface area contributed by atoms with Gasteiger partial charge in [-0.3, -0.25) is 9.78 Å². The smallest absolute Gasteiger partial charge is 0.255 e. The Kier molecular flexibility index (Phi) is 4.60. The Balaban J connectivity index is 1.50. The summed E-state index contributed by atoms with van der Waals surface area (Å²) >= 11 is 1.55. The summed E-state index contributed by atoms with van der Waals surface area (Å²) in [4.78, 5) is 18.9. The van der Waals surface area contributed by atoms with Gasteiger partial charge in [-0.05, 0) is 35.9 Å². The number of hydrogen-bond donors (Lipinski definition) is 0. The fraction of sp³-hybridized carbons (Fsp3) is 0.444. The van der Waals surface area contributed by atoms with E-state index in [1.165, 1.54) is 0 Å². The topological polar surface area (TPSA) is 51.7 Å². The molecule has 0 aromatic carbocycles. The van der Waals surface area contributed by atoms with E-state index < -0.39 is 0 Å². The molecule has 0 radical (unpaired) electrons. The van der Waals surface area contributed by atoms with E-state index in [4.69, 9.17) is 9.47 Å². The Morgan fingerprint density at radius 2 is 2.38 bits per heavy atom. The second-order valence-corrected chi connectivity index (χ2v) is 6.98. The number of thiophene rings is 1. The molecule has 0 spiro atoms. The maximum Gasteiger partial charge on any atom is 0.255 e. The summed E-state index contributed by atoms with van der Waals surface area (Å²) < 4.78 is 12.1. The number of carbonyl (C=O) groups excluding carboxylic acids is 1. The maximum atomic E-state index is 12.8. The van der Waals surface area contributed by atoms with Crippen molar-refractivity contribution in [2.75, 3.05) is 13.2 Å². The van der Waals surface area contributed by atoms with E-state index in [1.54, 1.807) is 17.5 Å². The normalized spacial score (nSPS) is 26.3. The molecular weight excluding hydrogens is 324 g/mol. The second kappa shape index (κ2) is 7.01. The third-order valence-electron chi connectivity index (χ3n) is 4.75. The van der Waals surface area contributed by atoms with Crippen molar-refractivity contribution in [2.45, 2.75) is 37.7 Å². The summed E-state index contributed by atoms with van der Waals surface area (Å²) in [5, 5.41) is 3.85. The number of amides is 1. The molecule has 1 saturated carbocycles. The average molecular weight is 344 g/mol. The van der Waals surface area contributed by atoms with Gasteiger partial charge in [-0.25, -0.2) is 0 Å². The zero-order chi connectivity index (χ0) is 16.4. The molecular formula is C18H20N2O3S. The molecule has 3 heterocycles. The molecule has 1 aliphatic carbocycles. The van der Waals surface area contributed by atoms with Crippen molar-refractivity contribution in [3.05, 3.63) is 52.5 Å². The number of carbonyl (C=O) groups is 1. The first kappa shape index (κ1) is 15.7. The fourth-order valence-electron chi connectivity index (χ4n) is 3.59. The number of pyridine rings is 1. The lowest BCUT2D eigenvalue weighted by molar-refractivity contribution is -0.0598. The van der Waals surface area contributed by atoms with Crippen LogP contribution in [0, 0.1) is 0 Å². The van der Waals surface area contributed by atoms with Gasteiger partial charge in [-0.1, -0.05) is 6.07 Å². The number of hydrogen-bond acceptors (Lipinski definition) is 5. The Hall–Kier alpha value is -1.76. The average Bonchev–Trinajstić information content (AvgIpc) is 3.22. The third-order valence-corrected chi connectivity index (χ3v) is 5.43. The summed E-state index contributed by atoms with van der Waals surface area (Å²) in [6.07, 6.45) is 5.44. The summed E-state index contributed by atoms with van der Waals surface area (Å²) in [5.41, 5.74) is 1.80. The van der Waals surface area contributed by atoms with Gasteiger partial charge in [-0.15, -0.1) is 0 Å². The number of rotatable bonds is 4. The summed E-state index contributed by atoms with van der Waals surface area (Å²) in [6.45, 7) is 1.70. The highest BCUT2D eigenvalue weighted by Crippen LogP contribution is 2.33. The quantitative estimate of drug-likeness (QED) is 0.856. The third kappa shape index (κ3) is 3.09. The van der Waals surface area contributed by atoms with Crippen LogP contribution >= 0.6 is 11.3 Å². The van der Waals surface area contributed by atoms with Crippen molar-refractivity contribution in [1.29, 1.82) is 0 Å². The predicted molar refractivity (Wildman–Crippen MR) is 90.9 cm³/mol. The van der Waals surface area contributed by atoms with Crippen LogP contribution in [-0.2, 0) is 16.1 Å². The van der Waals surface area contributed by atoms with E-state index in [0.717, 1.165) is 24.0 Å². The van der Waals surface area contributed by atoms with Crippen molar-refractivity contribution in [3.63, 3.8) is 0 Å². The molecule has 0 unspecified atom stereocenters. The van der Waals surface area contributed by atoms with Gasteiger partial charge in [0, 0.05) is 24.3 Å². The number of ether oxygens (including phenoxy) is 2. The van der Waals surface area contributed by atoms with Crippen molar-refractivity contribution in [1.82, 2.24) is 9.88 Å². The molecule has 2 aromatic heterocycles. The molecule has 0 N–H and O–H groups in total. The second-order valence-electron chi connectivity index (χ2n) is 6.20. The van der Waals surface area contributed by atoms with E-state index >= 15 is 0 Å². The summed E-state index contributed by atoms with van der Waals surface area (Å²) in [7, 11) is 0. The fourth-order valence-corrected chi connectivity index (χ4v) is 4.22. The SMILES string of the molecule is O=C(c1ccsc1)N1CCO[C@H]2CC[C@H]1[C@@H]2OCc1cccnc1. The molecule has 1 saturated heterocycles. The predicted octanol–water partition coefficient (Wildman–Crippen LogP) is 2.73. The molecule has 24 heavy (non-hydrogen) atoms. The molecule has 2 aromatic rings. The van der Waals surface area contributed by atoms with Crippen molar-refractivity contribution < 1.29 is 14.3 Å². The first-order valence-electron chi connectivity index (χ1n) is 8.28. The Bertz CT molecular complexity index is 677. The van der Waals surface area contributed by atoms with E-state index in [1.807, 2.05) is 40.1 Å². The van der Waals surface area contributed by atoms with Crippen LogP contribution in [0.3, 0.4) is 0 Å². The van der Waals surface area contributed by atoms with Gasteiger partial charge in [0.1, 0.15) is 6.10 Å². The number of aromatic nitrogens is 1. The van der Waals surface area contributed by atoms with Crippen LogP contribution in [0.2, 0.25) is 0 Å². The lowest BCUT2D eigenvalue weighted by Crippen LogP contribution is -2.46. The highest BCUT2D eigenvalue weighted by molar-refractivity contribution is 7.08. The Labute approximate surface area is 145 Å². The molecule has 3 atom stereocenters. The van der Waals surface area contributed by atoms with Crippen molar-refractivity contribution in [3.8, 4) is 0 Å². The number of nitrogens with zero attached hydrogens (tertiary/aromatic N) is 2. The van der Waals surface area contributed by atoms with Crippen LogP contribution in [-0.4, -0.2) is 47.2 Å². The molecule has 2 fully saturated rings. The maximum absolute atomic E-state index is 12.8. The largest absolute Gasteiger partial charge is 0.374 e. The van der Waals surface area contributed by atoms with Crippen LogP contribution in [0.25, 0.3) is 0 Å². The molecule has 5 nitrogen and oxygen atoms in total. The van der Waals surface area contributed by atoms with E-state index in [9.17, 15) is 4.79 Å². The van der Waals surface area contributed by atoms with Crippen molar-refractivity contribution in [2.24, 2.45) is 0 Å². The molecule has 2 aliphatic rings. The number of fused-ring (bicyclic) bond motifs is 2. The standard InChI is InChI=1S/C18H20N2O3S/c21-18(14-5-9-24-12-14)20-7-8-22-16-4-3-15(20)17(16)23-11-13-2-1-6-19-10-13/h1-2,5-6,9-10,12,15-17H,3-4,7-8,11H2/t15-,16-,17-/m0/s1. The van der Waals surface area contributed by atoms with Crippen LogP contribution in [0.4, 0.5) is 0 Å². The van der Waals surface area contributed by atoms with E-state index in [-0.39, 0.29) is 24.2 Å².